The second-order valence-electron chi connectivity index (χ2n) is 5.97. The highest BCUT2D eigenvalue weighted by atomic mass is 16.5. The second-order valence-corrected chi connectivity index (χ2v) is 5.97. The topological polar surface area (TPSA) is 97.5 Å². The van der Waals surface area contributed by atoms with E-state index in [4.69, 9.17) is 14.2 Å². The molecule has 2 atom stereocenters. The first kappa shape index (κ1) is 17.1. The lowest BCUT2D eigenvalue weighted by molar-refractivity contribution is 0.139. The largest absolute Gasteiger partial charge is 0.496 e. The molecule has 1 fully saturated rings. The molecule has 1 aliphatic rings. The Morgan fingerprint density at radius 1 is 1.36 bits per heavy atom. The molecule has 8 heteroatoms. The Labute approximate surface area is 145 Å². The maximum Gasteiger partial charge on any atom is 0.319 e. The van der Waals surface area contributed by atoms with Crippen LogP contribution in [0.2, 0.25) is 0 Å². The lowest BCUT2D eigenvalue weighted by Gasteiger charge is -2.20. The van der Waals surface area contributed by atoms with Crippen LogP contribution in [0.25, 0.3) is 0 Å². The van der Waals surface area contributed by atoms with Gasteiger partial charge in [0.25, 0.3) is 0 Å². The van der Waals surface area contributed by atoms with Crippen molar-refractivity contribution >= 4 is 11.7 Å². The number of anilines is 1. The molecular formula is C17H22N4O4. The summed E-state index contributed by atoms with van der Waals surface area (Å²) in [6.07, 6.45) is 2.96. The van der Waals surface area contributed by atoms with E-state index in [-0.39, 0.29) is 18.2 Å². The monoisotopic (exact) mass is 346 g/mol. The summed E-state index contributed by atoms with van der Waals surface area (Å²) in [6, 6.07) is 3.27. The molecule has 3 rings (SSSR count). The molecule has 0 unspecified atom stereocenters. The van der Waals surface area contributed by atoms with Gasteiger partial charge < -0.3 is 24.8 Å². The van der Waals surface area contributed by atoms with Gasteiger partial charge in [-0.2, -0.15) is 5.10 Å². The molecule has 0 bridgehead atoms. The smallest absolute Gasteiger partial charge is 0.319 e. The number of H-pyrrole nitrogens is 1. The van der Waals surface area contributed by atoms with Crippen molar-refractivity contribution in [1.82, 2.24) is 15.5 Å². The number of benzene rings is 1. The number of methoxy groups -OCH3 is 1. The number of carbonyl (C=O) groups excluding carboxylic acids is 1. The van der Waals surface area contributed by atoms with Crippen molar-refractivity contribution < 1.29 is 19.0 Å². The molecule has 2 amide bonds. The van der Waals surface area contributed by atoms with Crippen molar-refractivity contribution in [3.63, 3.8) is 0 Å². The van der Waals surface area contributed by atoms with Gasteiger partial charge in [-0.25, -0.2) is 4.79 Å². The highest BCUT2D eigenvalue weighted by molar-refractivity contribution is 5.91. The van der Waals surface area contributed by atoms with Crippen molar-refractivity contribution in [2.75, 3.05) is 25.6 Å². The van der Waals surface area contributed by atoms with E-state index in [2.05, 4.69) is 20.8 Å². The van der Waals surface area contributed by atoms with E-state index < -0.39 is 0 Å². The number of aromatic nitrogens is 2. The molecule has 0 radical (unpaired) electrons. The number of aromatic amines is 1. The average molecular weight is 346 g/mol. The molecule has 1 aliphatic heterocycles. The Kier molecular flexibility index (Phi) is 5.08. The van der Waals surface area contributed by atoms with Crippen LogP contribution in [0.3, 0.4) is 0 Å². The molecule has 25 heavy (non-hydrogen) atoms. The van der Waals surface area contributed by atoms with Crippen LogP contribution in [0.5, 0.6) is 11.5 Å². The van der Waals surface area contributed by atoms with Crippen molar-refractivity contribution in [2.45, 2.75) is 26.0 Å². The molecule has 0 aliphatic carbocycles. The van der Waals surface area contributed by atoms with Crippen molar-refractivity contribution in [1.29, 1.82) is 0 Å². The number of amides is 2. The maximum absolute atomic E-state index is 12.4. The molecule has 2 aromatic rings. The van der Waals surface area contributed by atoms with Gasteiger partial charge in [0.15, 0.2) is 5.75 Å². The van der Waals surface area contributed by atoms with E-state index in [9.17, 15) is 4.79 Å². The van der Waals surface area contributed by atoms with Crippen LogP contribution < -0.4 is 20.1 Å². The summed E-state index contributed by atoms with van der Waals surface area (Å²) in [5, 5.41) is 12.3. The first-order valence-corrected chi connectivity index (χ1v) is 8.02. The zero-order valence-electron chi connectivity index (χ0n) is 14.5. The van der Waals surface area contributed by atoms with E-state index in [1.807, 2.05) is 26.0 Å². The lowest BCUT2D eigenvalue weighted by atomic mass is 10.1. The van der Waals surface area contributed by atoms with Gasteiger partial charge in [0.1, 0.15) is 11.9 Å². The lowest BCUT2D eigenvalue weighted by Crippen LogP contribution is -2.46. The minimum atomic E-state index is -0.313. The highest BCUT2D eigenvalue weighted by Gasteiger charge is 2.31. The van der Waals surface area contributed by atoms with E-state index in [0.717, 1.165) is 16.9 Å². The zero-order chi connectivity index (χ0) is 17.8. The maximum atomic E-state index is 12.4. The van der Waals surface area contributed by atoms with E-state index >= 15 is 0 Å². The molecule has 2 heterocycles. The van der Waals surface area contributed by atoms with Crippen LogP contribution in [0.4, 0.5) is 10.5 Å². The van der Waals surface area contributed by atoms with Gasteiger partial charge in [-0.3, -0.25) is 5.10 Å². The normalized spacial score (nSPS) is 19.5. The minimum absolute atomic E-state index is 0.248. The fourth-order valence-corrected chi connectivity index (χ4v) is 2.76. The number of aryl methyl sites for hydroxylation is 1. The summed E-state index contributed by atoms with van der Waals surface area (Å²) < 4.78 is 16.5. The summed E-state index contributed by atoms with van der Waals surface area (Å²) in [7, 11) is 1.61. The number of ether oxygens (including phenoxy) is 3. The molecule has 134 valence electrons. The number of hydrogen-bond acceptors (Lipinski definition) is 5. The summed E-state index contributed by atoms with van der Waals surface area (Å²) in [6.45, 7) is 4.65. The average Bonchev–Trinajstić information content (AvgIpc) is 3.23. The first-order valence-electron chi connectivity index (χ1n) is 8.02. The Balaban J connectivity index is 1.63. The van der Waals surface area contributed by atoms with Crippen molar-refractivity contribution in [2.24, 2.45) is 0 Å². The van der Waals surface area contributed by atoms with Crippen LogP contribution in [0.15, 0.2) is 24.5 Å². The summed E-state index contributed by atoms with van der Waals surface area (Å²) in [5.41, 5.74) is 2.58. The van der Waals surface area contributed by atoms with Gasteiger partial charge in [-0.1, -0.05) is 0 Å². The number of carbonyl (C=O) groups is 1. The SMILES string of the molecule is COc1cc(C)cc(NC(=O)N[C@@H]2COC[C@@H]2Oc2cn[nH]c2)c1C. The van der Waals surface area contributed by atoms with Gasteiger partial charge in [0.05, 0.1) is 38.8 Å². The number of hydrogen-bond donors (Lipinski definition) is 3. The van der Waals surface area contributed by atoms with Crippen LogP contribution in [0.1, 0.15) is 11.1 Å². The second kappa shape index (κ2) is 7.43. The fraction of sp³-hybridized carbons (Fsp3) is 0.412. The van der Waals surface area contributed by atoms with Gasteiger partial charge in [0, 0.05) is 11.3 Å². The first-order chi connectivity index (χ1) is 12.1. The predicted octanol–water partition coefficient (Wildman–Crippen LogP) is 2.00. The molecular weight excluding hydrogens is 324 g/mol. The molecule has 3 N–H and O–H groups in total. The van der Waals surface area contributed by atoms with Crippen LogP contribution in [-0.2, 0) is 4.74 Å². The van der Waals surface area contributed by atoms with E-state index in [1.165, 1.54) is 0 Å². The molecule has 0 saturated carbocycles. The minimum Gasteiger partial charge on any atom is -0.496 e. The van der Waals surface area contributed by atoms with Gasteiger partial charge in [-0.05, 0) is 31.5 Å². The van der Waals surface area contributed by atoms with Crippen LogP contribution in [0, 0.1) is 13.8 Å². The van der Waals surface area contributed by atoms with Crippen LogP contribution in [-0.4, -0.2) is 48.7 Å². The Morgan fingerprint density at radius 3 is 2.92 bits per heavy atom. The third kappa shape index (κ3) is 4.03. The van der Waals surface area contributed by atoms with Gasteiger partial charge in [-0.15, -0.1) is 0 Å². The standard InChI is InChI=1S/C17H22N4O4/c1-10-4-13(11(2)15(5-10)23-3)20-17(22)21-14-8-24-9-16(14)25-12-6-18-19-7-12/h4-7,14,16H,8-9H2,1-3H3,(H,18,19)(H2,20,21,22)/t14-,16+/m1/s1. The van der Waals surface area contributed by atoms with Gasteiger partial charge in [0.2, 0.25) is 0 Å². The Bertz CT molecular complexity index is 732. The Morgan fingerprint density at radius 2 is 2.20 bits per heavy atom. The number of urea groups is 1. The third-order valence-corrected chi connectivity index (χ3v) is 4.08. The molecule has 1 aromatic heterocycles. The summed E-state index contributed by atoms with van der Waals surface area (Å²) in [4.78, 5) is 12.4. The predicted molar refractivity (Wildman–Crippen MR) is 92.2 cm³/mol. The molecule has 1 aromatic carbocycles. The van der Waals surface area contributed by atoms with Crippen molar-refractivity contribution in [3.8, 4) is 11.5 Å². The molecule has 0 spiro atoms. The Hall–Kier alpha value is -2.74. The zero-order valence-corrected chi connectivity index (χ0v) is 14.5. The number of nitrogens with one attached hydrogen (secondary N) is 3. The van der Waals surface area contributed by atoms with Gasteiger partial charge >= 0.3 is 6.03 Å². The summed E-state index contributed by atoms with van der Waals surface area (Å²) >= 11 is 0. The molecule has 1 saturated heterocycles. The van der Waals surface area contributed by atoms with E-state index in [0.29, 0.717) is 24.7 Å². The third-order valence-electron chi connectivity index (χ3n) is 4.08. The molecule has 8 nitrogen and oxygen atoms in total. The summed E-state index contributed by atoms with van der Waals surface area (Å²) in [5.74, 6) is 1.35. The fourth-order valence-electron chi connectivity index (χ4n) is 2.76. The number of rotatable bonds is 5. The van der Waals surface area contributed by atoms with Crippen LogP contribution >= 0.6 is 0 Å². The van der Waals surface area contributed by atoms with E-state index in [1.54, 1.807) is 19.5 Å². The highest BCUT2D eigenvalue weighted by Crippen LogP contribution is 2.27. The quantitative estimate of drug-likeness (QED) is 0.769. The number of nitrogens with zero attached hydrogens (tertiary/aromatic N) is 1. The van der Waals surface area contributed by atoms with Crippen molar-refractivity contribution in [3.05, 3.63) is 35.7 Å².